The molecular formula is C12H16N2O3S. The smallest absolute Gasteiger partial charge is 0.241 e. The minimum absolute atomic E-state index is 0.0773. The molecule has 0 unspecified atom stereocenters. The Labute approximate surface area is 107 Å². The van der Waals surface area contributed by atoms with E-state index in [-0.39, 0.29) is 17.1 Å². The molecule has 2 N–H and O–H groups in total. The second-order valence-corrected chi connectivity index (χ2v) is 5.68. The van der Waals surface area contributed by atoms with Crippen LogP contribution in [0, 0.1) is 18.3 Å². The molecule has 0 aliphatic rings. The average molecular weight is 268 g/mol. The summed E-state index contributed by atoms with van der Waals surface area (Å²) < 4.78 is 26.6. The van der Waals surface area contributed by atoms with Gasteiger partial charge in [0, 0.05) is 6.04 Å². The third kappa shape index (κ3) is 3.29. The number of nitriles is 1. The lowest BCUT2D eigenvalue weighted by Crippen LogP contribution is -2.37. The van der Waals surface area contributed by atoms with Crippen LogP contribution < -0.4 is 4.72 Å². The third-order valence-electron chi connectivity index (χ3n) is 2.64. The Morgan fingerprint density at radius 1 is 1.50 bits per heavy atom. The van der Waals surface area contributed by atoms with Crippen molar-refractivity contribution in [2.45, 2.75) is 31.2 Å². The van der Waals surface area contributed by atoms with Gasteiger partial charge >= 0.3 is 0 Å². The first kappa shape index (κ1) is 14.6. The number of hydrogen-bond donors (Lipinski definition) is 2. The number of hydrogen-bond acceptors (Lipinski definition) is 4. The summed E-state index contributed by atoms with van der Waals surface area (Å²) in [5.41, 5.74) is 0.854. The highest BCUT2D eigenvalue weighted by molar-refractivity contribution is 7.89. The van der Waals surface area contributed by atoms with E-state index in [9.17, 15) is 8.42 Å². The molecule has 0 heterocycles. The van der Waals surface area contributed by atoms with Gasteiger partial charge in [0.05, 0.1) is 23.1 Å². The van der Waals surface area contributed by atoms with Crippen molar-refractivity contribution in [1.29, 1.82) is 5.26 Å². The molecule has 0 radical (unpaired) electrons. The minimum atomic E-state index is -3.71. The topological polar surface area (TPSA) is 90.2 Å². The lowest BCUT2D eigenvalue weighted by molar-refractivity contribution is 0.254. The van der Waals surface area contributed by atoms with Crippen LogP contribution in [0.25, 0.3) is 0 Å². The summed E-state index contributed by atoms with van der Waals surface area (Å²) in [7, 11) is -3.71. The molecule has 1 aromatic rings. The van der Waals surface area contributed by atoms with Crippen molar-refractivity contribution in [1.82, 2.24) is 4.72 Å². The number of benzene rings is 1. The average Bonchev–Trinajstić information content (AvgIpc) is 2.36. The van der Waals surface area contributed by atoms with Gasteiger partial charge < -0.3 is 5.11 Å². The van der Waals surface area contributed by atoms with Crippen molar-refractivity contribution in [2.75, 3.05) is 6.61 Å². The van der Waals surface area contributed by atoms with Crippen LogP contribution >= 0.6 is 0 Å². The van der Waals surface area contributed by atoms with Crippen LogP contribution in [0.15, 0.2) is 23.1 Å². The summed E-state index contributed by atoms with van der Waals surface area (Å²) >= 11 is 0. The van der Waals surface area contributed by atoms with E-state index in [2.05, 4.69) is 4.72 Å². The Bertz CT molecular complexity index is 557. The summed E-state index contributed by atoms with van der Waals surface area (Å²) in [5.74, 6) is 0. The molecular weight excluding hydrogens is 252 g/mol. The van der Waals surface area contributed by atoms with E-state index in [4.69, 9.17) is 10.4 Å². The standard InChI is InChI=1S/C12H16N2O3S/c1-3-11(8-15)14-18(16,17)12-6-10(7-13)5-4-9(12)2/h4-6,11,14-15H,3,8H2,1-2H3/t11-/m1/s1. The predicted molar refractivity (Wildman–Crippen MR) is 67.4 cm³/mol. The van der Waals surface area contributed by atoms with Crippen LogP contribution in [0.2, 0.25) is 0 Å². The minimum Gasteiger partial charge on any atom is -0.395 e. The quantitative estimate of drug-likeness (QED) is 0.830. The second kappa shape index (κ2) is 5.96. The van der Waals surface area contributed by atoms with E-state index in [1.165, 1.54) is 6.07 Å². The Hall–Kier alpha value is -1.42. The molecule has 0 spiro atoms. The molecule has 1 aromatic carbocycles. The fourth-order valence-corrected chi connectivity index (χ4v) is 3.07. The summed E-state index contributed by atoms with van der Waals surface area (Å²) in [4.78, 5) is 0.0773. The number of aliphatic hydroxyl groups is 1. The van der Waals surface area contributed by atoms with Gasteiger partial charge in [0.15, 0.2) is 0 Å². The van der Waals surface area contributed by atoms with Gasteiger partial charge in [-0.05, 0) is 31.0 Å². The highest BCUT2D eigenvalue weighted by Gasteiger charge is 2.20. The van der Waals surface area contributed by atoms with Crippen LogP contribution in [-0.2, 0) is 10.0 Å². The maximum absolute atomic E-state index is 12.1. The third-order valence-corrected chi connectivity index (χ3v) is 4.30. The van der Waals surface area contributed by atoms with E-state index in [1.807, 2.05) is 6.07 Å². The van der Waals surface area contributed by atoms with Gasteiger partial charge in [-0.2, -0.15) is 5.26 Å². The number of nitrogens with one attached hydrogen (secondary N) is 1. The number of aliphatic hydroxyl groups excluding tert-OH is 1. The Kier molecular flexibility index (Phi) is 4.84. The van der Waals surface area contributed by atoms with Crippen molar-refractivity contribution in [3.8, 4) is 6.07 Å². The molecule has 0 aromatic heterocycles. The Morgan fingerprint density at radius 3 is 2.67 bits per heavy atom. The first-order valence-electron chi connectivity index (χ1n) is 5.58. The van der Waals surface area contributed by atoms with E-state index < -0.39 is 16.1 Å². The Balaban J connectivity index is 3.16. The largest absolute Gasteiger partial charge is 0.395 e. The van der Waals surface area contributed by atoms with E-state index >= 15 is 0 Å². The van der Waals surface area contributed by atoms with E-state index in [1.54, 1.807) is 26.0 Å². The first-order valence-corrected chi connectivity index (χ1v) is 7.06. The molecule has 98 valence electrons. The summed E-state index contributed by atoms with van der Waals surface area (Å²) in [5, 5.41) is 17.8. The van der Waals surface area contributed by atoms with Crippen LogP contribution in [0.3, 0.4) is 0 Å². The summed E-state index contributed by atoms with van der Waals surface area (Å²) in [6, 6.07) is 5.89. The molecule has 0 fully saturated rings. The van der Waals surface area contributed by atoms with Gasteiger partial charge in [-0.15, -0.1) is 0 Å². The van der Waals surface area contributed by atoms with Crippen molar-refractivity contribution in [3.05, 3.63) is 29.3 Å². The molecule has 0 amide bonds. The predicted octanol–water partition coefficient (Wildman–Crippen LogP) is 0.916. The molecule has 0 aliphatic heterocycles. The van der Waals surface area contributed by atoms with Gasteiger partial charge in [0.1, 0.15) is 0 Å². The highest BCUT2D eigenvalue weighted by Crippen LogP contribution is 2.17. The number of nitrogens with zero attached hydrogens (tertiary/aromatic N) is 1. The number of aryl methyl sites for hydroxylation is 1. The zero-order valence-corrected chi connectivity index (χ0v) is 11.2. The van der Waals surface area contributed by atoms with Gasteiger partial charge in [0.25, 0.3) is 0 Å². The molecule has 1 atom stereocenters. The summed E-state index contributed by atoms with van der Waals surface area (Å²) in [6.45, 7) is 3.18. The van der Waals surface area contributed by atoms with Crippen LogP contribution in [0.5, 0.6) is 0 Å². The van der Waals surface area contributed by atoms with Crippen molar-refractivity contribution in [2.24, 2.45) is 0 Å². The lowest BCUT2D eigenvalue weighted by Gasteiger charge is -2.15. The first-order chi connectivity index (χ1) is 8.44. The number of sulfonamides is 1. The monoisotopic (exact) mass is 268 g/mol. The maximum atomic E-state index is 12.1. The lowest BCUT2D eigenvalue weighted by atomic mass is 10.2. The zero-order valence-electron chi connectivity index (χ0n) is 10.3. The van der Waals surface area contributed by atoms with Gasteiger partial charge in [-0.1, -0.05) is 13.0 Å². The molecule has 1 rings (SSSR count). The molecule has 18 heavy (non-hydrogen) atoms. The molecule has 5 nitrogen and oxygen atoms in total. The Morgan fingerprint density at radius 2 is 2.17 bits per heavy atom. The zero-order chi connectivity index (χ0) is 13.8. The van der Waals surface area contributed by atoms with Gasteiger partial charge in [-0.25, -0.2) is 13.1 Å². The molecule has 0 bridgehead atoms. The van der Waals surface area contributed by atoms with Crippen molar-refractivity contribution >= 4 is 10.0 Å². The maximum Gasteiger partial charge on any atom is 0.241 e. The van der Waals surface area contributed by atoms with E-state index in [0.717, 1.165) is 0 Å². The molecule has 6 heteroatoms. The van der Waals surface area contributed by atoms with Gasteiger partial charge in [-0.3, -0.25) is 0 Å². The second-order valence-electron chi connectivity index (χ2n) is 4.00. The number of rotatable bonds is 5. The SMILES string of the molecule is CC[C@H](CO)NS(=O)(=O)c1cc(C#N)ccc1C. The van der Waals surface area contributed by atoms with E-state index in [0.29, 0.717) is 12.0 Å². The normalized spacial score (nSPS) is 13.0. The molecule has 0 saturated carbocycles. The molecule has 0 aliphatic carbocycles. The molecule has 0 saturated heterocycles. The van der Waals surface area contributed by atoms with Gasteiger partial charge in [0.2, 0.25) is 10.0 Å². The fourth-order valence-electron chi connectivity index (χ4n) is 1.49. The summed E-state index contributed by atoms with van der Waals surface area (Å²) in [6.07, 6.45) is 0.493. The fraction of sp³-hybridized carbons (Fsp3) is 0.417. The van der Waals surface area contributed by atoms with Crippen molar-refractivity contribution < 1.29 is 13.5 Å². The highest BCUT2D eigenvalue weighted by atomic mass is 32.2. The van der Waals surface area contributed by atoms with Crippen LogP contribution in [0.4, 0.5) is 0 Å². The van der Waals surface area contributed by atoms with Crippen LogP contribution in [-0.4, -0.2) is 26.2 Å². The van der Waals surface area contributed by atoms with Crippen molar-refractivity contribution in [3.63, 3.8) is 0 Å². The van der Waals surface area contributed by atoms with Crippen LogP contribution in [0.1, 0.15) is 24.5 Å².